The maximum Gasteiger partial charge on any atom is 0.123 e. The zero-order valence-corrected chi connectivity index (χ0v) is 50.0. The largest absolute Gasteiger partial charge is 0.395 e. The molecule has 1 aliphatic heterocycles. The van der Waals surface area contributed by atoms with Gasteiger partial charge in [0.25, 0.3) is 0 Å². The summed E-state index contributed by atoms with van der Waals surface area (Å²) in [5.74, 6) is 1.40. The molecule has 434 valence electrons. The van der Waals surface area contributed by atoms with Crippen LogP contribution in [0.15, 0.2) is 97.1 Å². The molecule has 8 nitrogen and oxygen atoms in total. The summed E-state index contributed by atoms with van der Waals surface area (Å²) in [5, 5.41) is 34.0. The molecular weight excluding hydrogens is 985 g/mol. The first-order chi connectivity index (χ1) is 36.9. The normalized spacial score (nSPS) is 14.0. The standard InChI is InChI=1S/C14H20FN.C14H22N2.C13H20FNO.C13H20FN.C12H18FNO/c1-10(2)12-6-11(7-13(15)8-12)9-16-14-4-3-5-14;1-11(2)13-6-4-5-12(7-13)8-15-14-9-16(3)10-14;1-9(2)12-4-11(5-13(14)6-12)7-15-10(3)8-16;1-9(2)12-5-11(6-13(14)7-12)8-15-10(3)4;1-9(2)11-5-10(6-12(13)7-11)8-14-3-4-15/h6-8,10,14,16H,3-5,9H2,1-2H3;4-7,11,14-15H,8-10H2,1-3H3;4-6,9-10,15-16H,7-8H2,1-3H3;5-7,9-10,15H,8H2,1-4H3;5-7,9,14-15H,3-4,8H2,1-2H3. The lowest BCUT2D eigenvalue weighted by atomic mass is 9.93. The van der Waals surface area contributed by atoms with Crippen molar-refractivity contribution in [2.45, 2.75) is 196 Å². The number of likely N-dealkylation sites (tertiary alicyclic amines) is 1. The maximum absolute atomic E-state index is 13.4. The van der Waals surface area contributed by atoms with E-state index >= 15 is 0 Å². The third kappa shape index (κ3) is 27.1. The Balaban J connectivity index is 0.000000257. The van der Waals surface area contributed by atoms with Gasteiger partial charge in [0, 0.05) is 76.5 Å². The van der Waals surface area contributed by atoms with Gasteiger partial charge < -0.3 is 41.7 Å². The molecule has 0 radical (unpaired) electrons. The van der Waals surface area contributed by atoms with Crippen molar-refractivity contribution >= 4 is 0 Å². The van der Waals surface area contributed by atoms with Crippen LogP contribution in [0, 0.1) is 23.3 Å². The van der Waals surface area contributed by atoms with Crippen molar-refractivity contribution in [2.75, 3.05) is 39.9 Å². The molecule has 2 aliphatic rings. The van der Waals surface area contributed by atoms with E-state index in [9.17, 15) is 17.6 Å². The van der Waals surface area contributed by atoms with Crippen LogP contribution in [0.3, 0.4) is 0 Å². The minimum Gasteiger partial charge on any atom is -0.395 e. The summed E-state index contributed by atoms with van der Waals surface area (Å²) in [6, 6.07) is 31.6. The van der Waals surface area contributed by atoms with Crippen molar-refractivity contribution in [3.63, 3.8) is 0 Å². The quantitative estimate of drug-likeness (QED) is 0.0272. The SMILES string of the molecule is CC(C)NCc1cc(F)cc(C(C)C)c1.CC(C)c1cc(F)cc(CNC2CCC2)c1.CC(C)c1cc(F)cc(CNCCO)c1.CC(C)c1cccc(CNC2CN(C)C2)c1.CC(CO)NCc1cc(F)cc(C(C)C)c1. The minimum absolute atomic E-state index is 0.0331. The Kier molecular flexibility index (Phi) is 31.3. The fourth-order valence-corrected chi connectivity index (χ4v) is 8.46. The summed E-state index contributed by atoms with van der Waals surface area (Å²) in [5.41, 5.74) is 10.9. The zero-order chi connectivity index (χ0) is 57.9. The number of hydrogen-bond acceptors (Lipinski definition) is 8. The summed E-state index contributed by atoms with van der Waals surface area (Å²) < 4.78 is 53.2. The van der Waals surface area contributed by atoms with E-state index in [1.807, 2.05) is 46.8 Å². The third-order valence-corrected chi connectivity index (χ3v) is 13.8. The molecule has 1 saturated heterocycles. The molecule has 5 aromatic rings. The van der Waals surface area contributed by atoms with Gasteiger partial charge in [0.1, 0.15) is 23.3 Å². The number of nitrogens with zero attached hydrogens (tertiary/aromatic N) is 1. The van der Waals surface area contributed by atoms with Crippen LogP contribution in [0.5, 0.6) is 0 Å². The Hall–Kier alpha value is -4.50. The summed E-state index contributed by atoms with van der Waals surface area (Å²) in [6.45, 7) is 33.9. The van der Waals surface area contributed by atoms with E-state index in [2.05, 4.69) is 130 Å². The fraction of sp³-hybridized carbons (Fsp3) is 0.545. The lowest BCUT2D eigenvalue weighted by molar-refractivity contribution is 0.161. The van der Waals surface area contributed by atoms with Crippen molar-refractivity contribution in [3.05, 3.63) is 176 Å². The molecule has 78 heavy (non-hydrogen) atoms. The third-order valence-electron chi connectivity index (χ3n) is 13.8. The highest BCUT2D eigenvalue weighted by molar-refractivity contribution is 5.30. The van der Waals surface area contributed by atoms with E-state index in [1.54, 1.807) is 36.4 Å². The second-order valence-corrected chi connectivity index (χ2v) is 23.3. The lowest BCUT2D eigenvalue weighted by Gasteiger charge is -2.36. The van der Waals surface area contributed by atoms with E-state index < -0.39 is 0 Å². The van der Waals surface area contributed by atoms with Crippen molar-refractivity contribution < 1.29 is 27.8 Å². The highest BCUT2D eigenvalue weighted by Gasteiger charge is 2.22. The minimum atomic E-state index is -0.195. The van der Waals surface area contributed by atoms with Gasteiger partial charge in [-0.1, -0.05) is 138 Å². The number of halogens is 4. The van der Waals surface area contributed by atoms with Gasteiger partial charge in [-0.15, -0.1) is 0 Å². The van der Waals surface area contributed by atoms with Crippen LogP contribution in [0.2, 0.25) is 0 Å². The van der Waals surface area contributed by atoms with E-state index in [4.69, 9.17) is 10.2 Å². The average Bonchev–Trinajstić information content (AvgIpc) is 3.35. The average molecular weight is 1090 g/mol. The van der Waals surface area contributed by atoms with Crippen LogP contribution in [0.25, 0.3) is 0 Å². The van der Waals surface area contributed by atoms with Crippen LogP contribution in [0.1, 0.15) is 194 Å². The molecule has 12 heteroatoms. The van der Waals surface area contributed by atoms with Crippen LogP contribution in [-0.4, -0.2) is 79.2 Å². The van der Waals surface area contributed by atoms with Gasteiger partial charge in [-0.05, 0) is 161 Å². The number of likely N-dealkylation sites (N-methyl/N-ethyl adjacent to an activating group) is 1. The monoisotopic (exact) mass is 1080 g/mol. The Morgan fingerprint density at radius 2 is 0.846 bits per heavy atom. The Bertz CT molecular complexity index is 2390. The van der Waals surface area contributed by atoms with Crippen molar-refractivity contribution in [2.24, 2.45) is 0 Å². The molecule has 0 bridgehead atoms. The number of aliphatic hydroxyl groups excluding tert-OH is 2. The summed E-state index contributed by atoms with van der Waals surface area (Å²) in [4.78, 5) is 2.34. The predicted octanol–water partition coefficient (Wildman–Crippen LogP) is 13.7. The molecule has 1 heterocycles. The Morgan fingerprint density at radius 1 is 0.462 bits per heavy atom. The molecule has 7 N–H and O–H groups in total. The van der Waals surface area contributed by atoms with Gasteiger partial charge >= 0.3 is 0 Å². The molecule has 0 aromatic heterocycles. The van der Waals surface area contributed by atoms with E-state index in [1.165, 1.54) is 55.6 Å². The van der Waals surface area contributed by atoms with Crippen molar-refractivity contribution in [3.8, 4) is 0 Å². The molecule has 0 spiro atoms. The first-order valence-electron chi connectivity index (χ1n) is 28.8. The number of aliphatic hydroxyl groups is 2. The molecule has 2 fully saturated rings. The van der Waals surface area contributed by atoms with Crippen molar-refractivity contribution in [1.82, 2.24) is 31.5 Å². The second kappa shape index (κ2) is 36.0. The van der Waals surface area contributed by atoms with Gasteiger partial charge in [0.05, 0.1) is 13.2 Å². The highest BCUT2D eigenvalue weighted by atomic mass is 19.1. The molecular formula is C66H100F4N6O2. The van der Waals surface area contributed by atoms with Gasteiger partial charge in [-0.25, -0.2) is 17.6 Å². The van der Waals surface area contributed by atoms with Crippen LogP contribution in [-0.2, 0) is 32.7 Å². The summed E-state index contributed by atoms with van der Waals surface area (Å²) >= 11 is 0. The van der Waals surface area contributed by atoms with E-state index in [0.717, 1.165) is 64.1 Å². The lowest BCUT2D eigenvalue weighted by Crippen LogP contribution is -2.55. The number of rotatable bonds is 22. The summed E-state index contributed by atoms with van der Waals surface area (Å²) in [6.07, 6.45) is 3.87. The van der Waals surface area contributed by atoms with Gasteiger partial charge in [0.2, 0.25) is 0 Å². The Morgan fingerprint density at radius 3 is 1.22 bits per heavy atom. The summed E-state index contributed by atoms with van der Waals surface area (Å²) in [7, 11) is 2.16. The predicted molar refractivity (Wildman–Crippen MR) is 319 cm³/mol. The Labute approximate surface area is 469 Å². The number of hydrogen-bond donors (Lipinski definition) is 7. The topological polar surface area (TPSA) is 104 Å². The van der Waals surface area contributed by atoms with Crippen LogP contribution >= 0.6 is 0 Å². The number of benzene rings is 5. The van der Waals surface area contributed by atoms with E-state index in [0.29, 0.717) is 67.3 Å². The van der Waals surface area contributed by atoms with Crippen LogP contribution < -0.4 is 26.6 Å². The van der Waals surface area contributed by atoms with Gasteiger partial charge in [-0.2, -0.15) is 0 Å². The smallest absolute Gasteiger partial charge is 0.123 e. The van der Waals surface area contributed by atoms with Crippen LogP contribution in [0.4, 0.5) is 17.6 Å². The van der Waals surface area contributed by atoms with Crippen molar-refractivity contribution in [1.29, 1.82) is 0 Å². The molecule has 1 unspecified atom stereocenters. The molecule has 1 saturated carbocycles. The molecule has 5 aromatic carbocycles. The zero-order valence-electron chi connectivity index (χ0n) is 50.0. The molecule has 1 aliphatic carbocycles. The maximum atomic E-state index is 13.4. The molecule has 0 amide bonds. The number of nitrogens with one attached hydrogen (secondary N) is 5. The van der Waals surface area contributed by atoms with Gasteiger partial charge in [0.15, 0.2) is 0 Å². The van der Waals surface area contributed by atoms with E-state index in [-0.39, 0.29) is 42.5 Å². The fourth-order valence-electron chi connectivity index (χ4n) is 8.46. The molecule has 1 atom stereocenters. The van der Waals surface area contributed by atoms with Gasteiger partial charge in [-0.3, -0.25) is 0 Å². The first kappa shape index (κ1) is 67.8. The second-order valence-electron chi connectivity index (χ2n) is 23.3. The first-order valence-corrected chi connectivity index (χ1v) is 28.8. The highest BCUT2D eigenvalue weighted by Crippen LogP contribution is 2.23. The molecule has 7 rings (SSSR count).